The molecule has 1 aromatic carbocycles. The molecule has 1 amide bonds. The standard InChI is InChI=1S/C20H24N2O3/c1-3-25-20(24)17-7-6-12-22(14-17)19(23)16-9-8-15(2)18(13-16)21-10-4-5-11-21/h4-5,8-11,13,17H,3,6-7,12,14H2,1-2H3/t17-/m1/s1. The van der Waals surface area contributed by atoms with E-state index < -0.39 is 0 Å². The van der Waals surface area contributed by atoms with Crippen LogP contribution in [0, 0.1) is 12.8 Å². The number of carbonyl (C=O) groups excluding carboxylic acids is 2. The SMILES string of the molecule is CCOC(=O)[C@@H]1CCCN(C(=O)c2ccc(C)c(-n3cccc3)c2)C1. The highest BCUT2D eigenvalue weighted by molar-refractivity contribution is 5.95. The van der Waals surface area contributed by atoms with E-state index in [1.807, 2.05) is 54.2 Å². The summed E-state index contributed by atoms with van der Waals surface area (Å²) in [6, 6.07) is 9.67. The van der Waals surface area contributed by atoms with Gasteiger partial charge in [-0.3, -0.25) is 9.59 Å². The zero-order valence-corrected chi connectivity index (χ0v) is 14.8. The molecule has 1 saturated heterocycles. The number of benzene rings is 1. The van der Waals surface area contributed by atoms with Crippen molar-refractivity contribution in [2.75, 3.05) is 19.7 Å². The number of esters is 1. The van der Waals surface area contributed by atoms with E-state index in [0.717, 1.165) is 24.1 Å². The van der Waals surface area contributed by atoms with Crippen LogP contribution in [-0.2, 0) is 9.53 Å². The quantitative estimate of drug-likeness (QED) is 0.803. The van der Waals surface area contributed by atoms with Crippen molar-refractivity contribution in [2.45, 2.75) is 26.7 Å². The lowest BCUT2D eigenvalue weighted by Crippen LogP contribution is -2.42. The van der Waals surface area contributed by atoms with Gasteiger partial charge in [0.1, 0.15) is 0 Å². The van der Waals surface area contributed by atoms with Gasteiger partial charge in [-0.2, -0.15) is 0 Å². The molecule has 0 saturated carbocycles. The number of aromatic nitrogens is 1. The molecule has 1 aliphatic rings. The third kappa shape index (κ3) is 3.76. The predicted octanol–water partition coefficient (Wildman–Crippen LogP) is 3.20. The van der Waals surface area contributed by atoms with Crippen molar-refractivity contribution in [1.29, 1.82) is 0 Å². The summed E-state index contributed by atoms with van der Waals surface area (Å²) in [4.78, 5) is 26.7. The molecule has 0 spiro atoms. The summed E-state index contributed by atoms with van der Waals surface area (Å²) < 4.78 is 7.12. The first kappa shape index (κ1) is 17.3. The van der Waals surface area contributed by atoms with Gasteiger partial charge in [0.25, 0.3) is 5.91 Å². The number of ether oxygens (including phenoxy) is 1. The first-order valence-electron chi connectivity index (χ1n) is 8.80. The van der Waals surface area contributed by atoms with Crippen LogP contribution in [-0.4, -0.2) is 41.0 Å². The number of rotatable bonds is 4. The van der Waals surface area contributed by atoms with Gasteiger partial charge in [0, 0.05) is 36.7 Å². The van der Waals surface area contributed by atoms with Gasteiger partial charge < -0.3 is 14.2 Å². The fourth-order valence-corrected chi connectivity index (χ4v) is 3.31. The molecule has 0 radical (unpaired) electrons. The number of amides is 1. The number of likely N-dealkylation sites (tertiary alicyclic amines) is 1. The molecule has 3 rings (SSSR count). The summed E-state index contributed by atoms with van der Waals surface area (Å²) in [5.41, 5.74) is 2.75. The molecule has 2 aromatic rings. The number of piperidine rings is 1. The highest BCUT2D eigenvalue weighted by atomic mass is 16.5. The topological polar surface area (TPSA) is 51.5 Å². The Morgan fingerprint density at radius 3 is 2.72 bits per heavy atom. The maximum Gasteiger partial charge on any atom is 0.310 e. The van der Waals surface area contributed by atoms with Crippen molar-refractivity contribution < 1.29 is 14.3 Å². The first-order chi connectivity index (χ1) is 12.1. The van der Waals surface area contributed by atoms with Crippen LogP contribution in [0.5, 0.6) is 0 Å². The Morgan fingerprint density at radius 1 is 1.24 bits per heavy atom. The molecule has 5 heteroatoms. The smallest absolute Gasteiger partial charge is 0.310 e. The van der Waals surface area contributed by atoms with E-state index in [-0.39, 0.29) is 17.8 Å². The van der Waals surface area contributed by atoms with E-state index in [1.165, 1.54) is 0 Å². The summed E-state index contributed by atoms with van der Waals surface area (Å²) in [5, 5.41) is 0. The normalized spacial score (nSPS) is 17.4. The van der Waals surface area contributed by atoms with E-state index in [2.05, 4.69) is 0 Å². The fraction of sp³-hybridized carbons (Fsp3) is 0.400. The lowest BCUT2D eigenvalue weighted by atomic mass is 9.97. The molecular formula is C20H24N2O3. The largest absolute Gasteiger partial charge is 0.466 e. The molecule has 0 N–H and O–H groups in total. The van der Waals surface area contributed by atoms with Crippen LogP contribution in [0.3, 0.4) is 0 Å². The molecule has 2 heterocycles. The summed E-state index contributed by atoms with van der Waals surface area (Å²) >= 11 is 0. The van der Waals surface area contributed by atoms with Crippen LogP contribution >= 0.6 is 0 Å². The second-order valence-corrected chi connectivity index (χ2v) is 6.43. The van der Waals surface area contributed by atoms with E-state index in [0.29, 0.717) is 25.3 Å². The Labute approximate surface area is 148 Å². The van der Waals surface area contributed by atoms with Gasteiger partial charge in [0.05, 0.1) is 12.5 Å². The van der Waals surface area contributed by atoms with Gasteiger partial charge in [0.15, 0.2) is 0 Å². The predicted molar refractivity (Wildman–Crippen MR) is 95.8 cm³/mol. The molecule has 1 aromatic heterocycles. The lowest BCUT2D eigenvalue weighted by Gasteiger charge is -2.31. The van der Waals surface area contributed by atoms with Crippen LogP contribution in [0.4, 0.5) is 0 Å². The molecule has 132 valence electrons. The zero-order chi connectivity index (χ0) is 17.8. The third-order valence-corrected chi connectivity index (χ3v) is 4.67. The number of hydrogen-bond donors (Lipinski definition) is 0. The van der Waals surface area contributed by atoms with Crippen LogP contribution in [0.1, 0.15) is 35.7 Å². The second kappa shape index (κ2) is 7.55. The van der Waals surface area contributed by atoms with Gasteiger partial charge >= 0.3 is 5.97 Å². The molecule has 0 bridgehead atoms. The van der Waals surface area contributed by atoms with E-state index >= 15 is 0 Å². The second-order valence-electron chi connectivity index (χ2n) is 6.43. The minimum Gasteiger partial charge on any atom is -0.466 e. The molecule has 0 unspecified atom stereocenters. The molecular weight excluding hydrogens is 316 g/mol. The van der Waals surface area contributed by atoms with E-state index in [1.54, 1.807) is 11.8 Å². The van der Waals surface area contributed by atoms with Crippen LogP contribution < -0.4 is 0 Å². The van der Waals surface area contributed by atoms with E-state index in [9.17, 15) is 9.59 Å². The summed E-state index contributed by atoms with van der Waals surface area (Å²) in [7, 11) is 0. The van der Waals surface area contributed by atoms with Crippen molar-refractivity contribution in [3.8, 4) is 5.69 Å². The number of nitrogens with zero attached hydrogens (tertiary/aromatic N) is 2. The van der Waals surface area contributed by atoms with Crippen molar-refractivity contribution in [1.82, 2.24) is 9.47 Å². The molecule has 1 fully saturated rings. The molecule has 1 atom stereocenters. The van der Waals surface area contributed by atoms with Gasteiger partial charge in [-0.1, -0.05) is 6.07 Å². The summed E-state index contributed by atoms with van der Waals surface area (Å²) in [6.07, 6.45) is 5.54. The summed E-state index contributed by atoms with van der Waals surface area (Å²) in [5.74, 6) is -0.439. The van der Waals surface area contributed by atoms with Crippen molar-refractivity contribution in [3.05, 3.63) is 53.9 Å². The number of carbonyl (C=O) groups is 2. The maximum absolute atomic E-state index is 12.9. The Hall–Kier alpha value is -2.56. The molecule has 25 heavy (non-hydrogen) atoms. The number of hydrogen-bond acceptors (Lipinski definition) is 3. The van der Waals surface area contributed by atoms with Gasteiger partial charge in [-0.15, -0.1) is 0 Å². The van der Waals surface area contributed by atoms with E-state index in [4.69, 9.17) is 4.74 Å². The van der Waals surface area contributed by atoms with Gasteiger partial charge in [-0.05, 0) is 56.5 Å². The van der Waals surface area contributed by atoms with Crippen LogP contribution in [0.15, 0.2) is 42.7 Å². The average molecular weight is 340 g/mol. The van der Waals surface area contributed by atoms with Gasteiger partial charge in [-0.25, -0.2) is 0 Å². The van der Waals surface area contributed by atoms with Gasteiger partial charge in [0.2, 0.25) is 0 Å². The van der Waals surface area contributed by atoms with Crippen molar-refractivity contribution in [3.63, 3.8) is 0 Å². The summed E-state index contributed by atoms with van der Waals surface area (Å²) in [6.45, 7) is 5.33. The Bertz CT molecular complexity index is 752. The monoisotopic (exact) mass is 340 g/mol. The highest BCUT2D eigenvalue weighted by Crippen LogP contribution is 2.22. The average Bonchev–Trinajstić information content (AvgIpc) is 3.16. The maximum atomic E-state index is 12.9. The van der Waals surface area contributed by atoms with Crippen LogP contribution in [0.2, 0.25) is 0 Å². The minimum absolute atomic E-state index is 0.0256. The van der Waals surface area contributed by atoms with Crippen molar-refractivity contribution in [2.24, 2.45) is 5.92 Å². The molecule has 0 aliphatic carbocycles. The minimum atomic E-state index is -0.216. The lowest BCUT2D eigenvalue weighted by molar-refractivity contribution is -0.149. The fourth-order valence-electron chi connectivity index (χ4n) is 3.31. The molecule has 1 aliphatic heterocycles. The zero-order valence-electron chi connectivity index (χ0n) is 14.8. The molecule has 5 nitrogen and oxygen atoms in total. The first-order valence-corrected chi connectivity index (χ1v) is 8.80. The third-order valence-electron chi connectivity index (χ3n) is 4.67. The number of aryl methyl sites for hydroxylation is 1. The van der Waals surface area contributed by atoms with Crippen molar-refractivity contribution >= 4 is 11.9 Å². The Balaban J connectivity index is 1.79. The Morgan fingerprint density at radius 2 is 2.00 bits per heavy atom. The Kier molecular flexibility index (Phi) is 5.22. The highest BCUT2D eigenvalue weighted by Gasteiger charge is 2.29. The van der Waals surface area contributed by atoms with Crippen LogP contribution in [0.25, 0.3) is 5.69 Å².